The van der Waals surface area contributed by atoms with Gasteiger partial charge in [0.05, 0.1) is 40.1 Å². The second kappa shape index (κ2) is 11.5. The third kappa shape index (κ3) is 6.39. The molecule has 2 rings (SSSR count). The third-order valence-corrected chi connectivity index (χ3v) is 4.83. The Morgan fingerprint density at radius 3 is 2.25 bits per heavy atom. The van der Waals surface area contributed by atoms with Crippen molar-refractivity contribution in [1.29, 1.82) is 0 Å². The molecule has 152 valence electrons. The van der Waals surface area contributed by atoms with Crippen LogP contribution < -0.4 is 9.47 Å². The average molecular weight is 385 g/mol. The molecule has 0 N–H and O–H groups in total. The van der Waals surface area contributed by atoms with E-state index >= 15 is 0 Å². The third-order valence-electron chi connectivity index (χ3n) is 4.83. The molecule has 0 aromatic heterocycles. The predicted molar refractivity (Wildman–Crippen MR) is 113 cm³/mol. The van der Waals surface area contributed by atoms with Crippen LogP contribution in [-0.2, 0) is 22.7 Å². The van der Waals surface area contributed by atoms with Crippen molar-refractivity contribution in [2.75, 3.05) is 20.8 Å². The van der Waals surface area contributed by atoms with E-state index in [2.05, 4.69) is 32.6 Å². The number of methoxy groups -OCH3 is 2. The molecule has 0 aliphatic heterocycles. The van der Waals surface area contributed by atoms with Gasteiger partial charge in [-0.1, -0.05) is 56.3 Å². The van der Waals surface area contributed by atoms with Gasteiger partial charge in [-0.25, -0.2) is 0 Å². The van der Waals surface area contributed by atoms with Crippen molar-refractivity contribution in [1.82, 2.24) is 0 Å². The fourth-order valence-corrected chi connectivity index (χ4v) is 3.16. The molecule has 0 aliphatic rings. The molecule has 0 amide bonds. The normalized spacial score (nSPS) is 14.1. The zero-order valence-corrected chi connectivity index (χ0v) is 17.4. The van der Waals surface area contributed by atoms with E-state index in [4.69, 9.17) is 18.9 Å². The van der Waals surface area contributed by atoms with Gasteiger partial charge in [-0.2, -0.15) is 0 Å². The largest absolute Gasteiger partial charge is 0.493 e. The van der Waals surface area contributed by atoms with E-state index in [0.717, 1.165) is 5.56 Å². The standard InChI is InChI=1S/C24H32O4/c1-6-18(2)24(19(3)15-27-16-20-10-8-7-9-11-20)28-17-21-12-13-22(25-4)23(14-21)26-5/h6-14,18-19,24H,1,15-17H2,2-5H3/t18-,19-,24+/m0/s1. The molecule has 28 heavy (non-hydrogen) atoms. The molecule has 4 heteroatoms. The lowest BCUT2D eigenvalue weighted by Crippen LogP contribution is -2.31. The van der Waals surface area contributed by atoms with Crippen molar-refractivity contribution in [2.45, 2.75) is 33.2 Å². The minimum atomic E-state index is 0.0152. The topological polar surface area (TPSA) is 36.9 Å². The summed E-state index contributed by atoms with van der Waals surface area (Å²) < 4.78 is 22.9. The second-order valence-electron chi connectivity index (χ2n) is 7.04. The van der Waals surface area contributed by atoms with Gasteiger partial charge in [0.1, 0.15) is 0 Å². The van der Waals surface area contributed by atoms with Crippen LogP contribution in [0.3, 0.4) is 0 Å². The zero-order chi connectivity index (χ0) is 20.4. The van der Waals surface area contributed by atoms with Crippen LogP contribution in [0.15, 0.2) is 61.2 Å². The van der Waals surface area contributed by atoms with Crippen LogP contribution in [0.25, 0.3) is 0 Å². The highest BCUT2D eigenvalue weighted by atomic mass is 16.5. The predicted octanol–water partition coefficient (Wildman–Crippen LogP) is 5.26. The average Bonchev–Trinajstić information content (AvgIpc) is 2.74. The van der Waals surface area contributed by atoms with E-state index in [1.54, 1.807) is 14.2 Å². The number of rotatable bonds is 12. The second-order valence-corrected chi connectivity index (χ2v) is 7.04. The maximum atomic E-state index is 6.27. The first-order valence-electron chi connectivity index (χ1n) is 9.65. The molecule has 0 fully saturated rings. The van der Waals surface area contributed by atoms with Crippen LogP contribution in [0.5, 0.6) is 11.5 Å². The van der Waals surface area contributed by atoms with Gasteiger partial charge in [-0.05, 0) is 23.3 Å². The molecule has 0 radical (unpaired) electrons. The van der Waals surface area contributed by atoms with E-state index in [-0.39, 0.29) is 17.9 Å². The van der Waals surface area contributed by atoms with E-state index in [1.807, 2.05) is 42.5 Å². The van der Waals surface area contributed by atoms with Gasteiger partial charge < -0.3 is 18.9 Å². The van der Waals surface area contributed by atoms with Crippen LogP contribution in [-0.4, -0.2) is 26.9 Å². The highest BCUT2D eigenvalue weighted by Crippen LogP contribution is 2.28. The molecule has 0 spiro atoms. The molecule has 2 aromatic rings. The molecule has 3 atom stereocenters. The molecule has 0 saturated carbocycles. The van der Waals surface area contributed by atoms with Gasteiger partial charge in [0.2, 0.25) is 0 Å². The van der Waals surface area contributed by atoms with Crippen molar-refractivity contribution in [3.63, 3.8) is 0 Å². The summed E-state index contributed by atoms with van der Waals surface area (Å²) in [5, 5.41) is 0. The highest BCUT2D eigenvalue weighted by molar-refractivity contribution is 5.42. The van der Waals surface area contributed by atoms with E-state index < -0.39 is 0 Å². The summed E-state index contributed by atoms with van der Waals surface area (Å²) in [5.74, 6) is 1.87. The number of hydrogen-bond acceptors (Lipinski definition) is 4. The first-order valence-corrected chi connectivity index (χ1v) is 9.65. The Morgan fingerprint density at radius 2 is 1.61 bits per heavy atom. The molecule has 0 heterocycles. The Bertz CT molecular complexity index is 714. The lowest BCUT2D eigenvalue weighted by atomic mass is 9.93. The Labute approximate surface area is 169 Å². The summed E-state index contributed by atoms with van der Waals surface area (Å²) in [6.45, 7) is 9.95. The van der Waals surface area contributed by atoms with Gasteiger partial charge in [0, 0.05) is 11.8 Å². The van der Waals surface area contributed by atoms with E-state index in [1.165, 1.54) is 5.56 Å². The quantitative estimate of drug-likeness (QED) is 0.468. The molecular weight excluding hydrogens is 352 g/mol. The fourth-order valence-electron chi connectivity index (χ4n) is 3.16. The van der Waals surface area contributed by atoms with E-state index in [9.17, 15) is 0 Å². The van der Waals surface area contributed by atoms with Crippen LogP contribution in [0.1, 0.15) is 25.0 Å². The minimum Gasteiger partial charge on any atom is -0.493 e. The molecule has 0 saturated heterocycles. The maximum Gasteiger partial charge on any atom is 0.161 e. The highest BCUT2D eigenvalue weighted by Gasteiger charge is 2.23. The van der Waals surface area contributed by atoms with Crippen LogP contribution in [0, 0.1) is 11.8 Å². The van der Waals surface area contributed by atoms with Gasteiger partial charge in [-0.15, -0.1) is 6.58 Å². The van der Waals surface area contributed by atoms with Crippen LogP contribution >= 0.6 is 0 Å². The minimum absolute atomic E-state index is 0.0152. The Balaban J connectivity index is 1.94. The SMILES string of the molecule is C=C[C@H](C)[C@@H](OCc1ccc(OC)c(OC)c1)[C@@H](C)COCc1ccccc1. The number of hydrogen-bond donors (Lipinski definition) is 0. The Morgan fingerprint density at radius 1 is 0.893 bits per heavy atom. The number of ether oxygens (including phenoxy) is 4. The maximum absolute atomic E-state index is 6.27. The van der Waals surface area contributed by atoms with Crippen molar-refractivity contribution in [3.05, 3.63) is 72.3 Å². The summed E-state index contributed by atoms with van der Waals surface area (Å²) in [4.78, 5) is 0. The molecule has 0 bridgehead atoms. The monoisotopic (exact) mass is 384 g/mol. The van der Waals surface area contributed by atoms with Crippen LogP contribution in [0.4, 0.5) is 0 Å². The van der Waals surface area contributed by atoms with Crippen molar-refractivity contribution in [3.8, 4) is 11.5 Å². The summed E-state index contributed by atoms with van der Waals surface area (Å²) in [7, 11) is 3.27. The lowest BCUT2D eigenvalue weighted by Gasteiger charge is -2.28. The van der Waals surface area contributed by atoms with Gasteiger partial charge >= 0.3 is 0 Å². The molecule has 0 aliphatic carbocycles. The van der Waals surface area contributed by atoms with Gasteiger partial charge in [0.25, 0.3) is 0 Å². The summed E-state index contributed by atoms with van der Waals surface area (Å²) in [6.07, 6.45) is 1.95. The molecular formula is C24H32O4. The Kier molecular flexibility index (Phi) is 9.05. The van der Waals surface area contributed by atoms with Gasteiger partial charge in [0.15, 0.2) is 11.5 Å². The Hall–Kier alpha value is -2.30. The molecule has 4 nitrogen and oxygen atoms in total. The molecule has 2 aromatic carbocycles. The van der Waals surface area contributed by atoms with Gasteiger partial charge in [-0.3, -0.25) is 0 Å². The van der Waals surface area contributed by atoms with Crippen molar-refractivity contribution < 1.29 is 18.9 Å². The summed E-state index contributed by atoms with van der Waals surface area (Å²) in [5.41, 5.74) is 2.21. The van der Waals surface area contributed by atoms with Crippen molar-refractivity contribution >= 4 is 0 Å². The summed E-state index contributed by atoms with van der Waals surface area (Å²) in [6, 6.07) is 16.0. The zero-order valence-electron chi connectivity index (χ0n) is 17.4. The first-order chi connectivity index (χ1) is 13.6. The molecule has 0 unspecified atom stereocenters. The van der Waals surface area contributed by atoms with Crippen LogP contribution in [0.2, 0.25) is 0 Å². The fraction of sp³-hybridized carbons (Fsp3) is 0.417. The first kappa shape index (κ1) is 22.0. The van der Waals surface area contributed by atoms with Crippen molar-refractivity contribution in [2.24, 2.45) is 11.8 Å². The summed E-state index contributed by atoms with van der Waals surface area (Å²) >= 11 is 0. The van der Waals surface area contributed by atoms with E-state index in [0.29, 0.717) is 31.3 Å². The lowest BCUT2D eigenvalue weighted by molar-refractivity contribution is -0.0454. The number of benzene rings is 2. The smallest absolute Gasteiger partial charge is 0.161 e.